The molecular weight excluding hydrogens is 294 g/mol. The molecule has 6 heteroatoms. The van der Waals surface area contributed by atoms with Crippen LogP contribution in [-0.4, -0.2) is 41.6 Å². The molecule has 1 aromatic rings. The van der Waals surface area contributed by atoms with Crippen LogP contribution in [0.4, 0.5) is 11.4 Å². The molecule has 1 atom stereocenters. The number of nitrogens with one attached hydrogen (secondary N) is 2. The summed E-state index contributed by atoms with van der Waals surface area (Å²) < 4.78 is 0. The van der Waals surface area contributed by atoms with Gasteiger partial charge in [-0.1, -0.05) is 6.42 Å². The number of hydrogen-bond donors (Lipinski definition) is 3. The highest BCUT2D eigenvalue weighted by Gasteiger charge is 2.22. The molecule has 0 bridgehead atoms. The second kappa shape index (κ2) is 8.33. The minimum Gasteiger partial charge on any atom is -0.388 e. The molecule has 1 aliphatic heterocycles. The number of nitrogens with zero attached hydrogens (tertiary/aromatic N) is 1. The van der Waals surface area contributed by atoms with Gasteiger partial charge in [-0.25, -0.2) is 0 Å². The molecule has 2 rings (SSSR count). The van der Waals surface area contributed by atoms with E-state index in [4.69, 9.17) is 0 Å². The topological polar surface area (TPSA) is 81.7 Å². The van der Waals surface area contributed by atoms with Gasteiger partial charge >= 0.3 is 0 Å². The molecule has 0 spiro atoms. The maximum Gasteiger partial charge on any atom is 0.248 e. The zero-order valence-corrected chi connectivity index (χ0v) is 13.3. The summed E-state index contributed by atoms with van der Waals surface area (Å²) in [7, 11) is 1.85. The Morgan fingerprint density at radius 2 is 1.87 bits per heavy atom. The standard InChI is InChI=1S/C17H23N3O3/c1-18-13-6-8-14(9-7-13)19-15(21)5-3-2-4-12-20-16(22)10-11-17(20)23/h6-11,16,18,22H,2-5,12H2,1H3,(H,19,21). The summed E-state index contributed by atoms with van der Waals surface area (Å²) in [5, 5.41) is 15.4. The summed E-state index contributed by atoms with van der Waals surface area (Å²) in [6.45, 7) is 0.514. The predicted octanol–water partition coefficient (Wildman–Crippen LogP) is 1.94. The lowest BCUT2D eigenvalue weighted by atomic mass is 10.1. The number of benzene rings is 1. The van der Waals surface area contributed by atoms with Crippen molar-refractivity contribution in [3.05, 3.63) is 36.4 Å². The Balaban J connectivity index is 1.60. The second-order valence-electron chi connectivity index (χ2n) is 5.49. The van der Waals surface area contributed by atoms with Gasteiger partial charge in [0.1, 0.15) is 6.23 Å². The van der Waals surface area contributed by atoms with Crippen LogP contribution in [0.1, 0.15) is 25.7 Å². The maximum atomic E-state index is 11.8. The van der Waals surface area contributed by atoms with Crippen molar-refractivity contribution in [2.75, 3.05) is 24.2 Å². The predicted molar refractivity (Wildman–Crippen MR) is 89.9 cm³/mol. The lowest BCUT2D eigenvalue weighted by Crippen LogP contribution is -2.34. The number of aliphatic hydroxyl groups excluding tert-OH is 1. The summed E-state index contributed by atoms with van der Waals surface area (Å²) in [6, 6.07) is 7.53. The fourth-order valence-corrected chi connectivity index (χ4v) is 2.43. The zero-order chi connectivity index (χ0) is 16.7. The van der Waals surface area contributed by atoms with Crippen LogP contribution in [0, 0.1) is 0 Å². The Hall–Kier alpha value is -2.34. The first-order valence-corrected chi connectivity index (χ1v) is 7.84. The van der Waals surface area contributed by atoms with Crippen molar-refractivity contribution in [3.63, 3.8) is 0 Å². The minimum atomic E-state index is -0.800. The lowest BCUT2D eigenvalue weighted by Gasteiger charge is -2.20. The van der Waals surface area contributed by atoms with E-state index in [2.05, 4.69) is 10.6 Å². The highest BCUT2D eigenvalue weighted by molar-refractivity contribution is 5.91. The van der Waals surface area contributed by atoms with Gasteiger partial charge in [-0.3, -0.25) is 9.59 Å². The fourth-order valence-electron chi connectivity index (χ4n) is 2.43. The third-order valence-corrected chi connectivity index (χ3v) is 3.77. The molecule has 2 amide bonds. The Bertz CT molecular complexity index is 569. The highest BCUT2D eigenvalue weighted by Crippen LogP contribution is 2.14. The van der Waals surface area contributed by atoms with Gasteiger partial charge < -0.3 is 20.6 Å². The van der Waals surface area contributed by atoms with Crippen LogP contribution < -0.4 is 10.6 Å². The summed E-state index contributed by atoms with van der Waals surface area (Å²) in [6.07, 6.45) is 4.88. The number of rotatable bonds is 8. The normalized spacial score (nSPS) is 16.7. The van der Waals surface area contributed by atoms with Gasteiger partial charge in [-0.15, -0.1) is 0 Å². The minimum absolute atomic E-state index is 0.0128. The van der Waals surface area contributed by atoms with Gasteiger partial charge in [0.2, 0.25) is 11.8 Å². The molecule has 0 saturated heterocycles. The van der Waals surface area contributed by atoms with Crippen molar-refractivity contribution in [1.82, 2.24) is 4.90 Å². The van der Waals surface area contributed by atoms with Gasteiger partial charge in [-0.2, -0.15) is 0 Å². The Morgan fingerprint density at radius 3 is 2.48 bits per heavy atom. The number of anilines is 2. The molecule has 3 N–H and O–H groups in total. The molecule has 0 fully saturated rings. The van der Waals surface area contributed by atoms with Crippen molar-refractivity contribution < 1.29 is 14.7 Å². The van der Waals surface area contributed by atoms with Gasteiger partial charge in [0.25, 0.3) is 0 Å². The van der Waals surface area contributed by atoms with Gasteiger partial charge in [0.15, 0.2) is 0 Å². The van der Waals surface area contributed by atoms with Crippen LogP contribution >= 0.6 is 0 Å². The van der Waals surface area contributed by atoms with Crippen molar-refractivity contribution in [1.29, 1.82) is 0 Å². The number of amides is 2. The first-order valence-electron chi connectivity index (χ1n) is 7.84. The molecule has 1 aromatic carbocycles. The SMILES string of the molecule is CNc1ccc(NC(=O)CCCCCN2C(=O)C=CC2O)cc1. The second-order valence-corrected chi connectivity index (χ2v) is 5.49. The van der Waals surface area contributed by atoms with E-state index < -0.39 is 6.23 Å². The van der Waals surface area contributed by atoms with Crippen LogP contribution in [0.25, 0.3) is 0 Å². The lowest BCUT2D eigenvalue weighted by molar-refractivity contribution is -0.130. The number of carbonyl (C=O) groups is 2. The number of carbonyl (C=O) groups excluding carboxylic acids is 2. The van der Waals surface area contributed by atoms with E-state index in [1.54, 1.807) is 0 Å². The summed E-state index contributed by atoms with van der Waals surface area (Å²) >= 11 is 0. The van der Waals surface area contributed by atoms with E-state index in [0.29, 0.717) is 13.0 Å². The largest absolute Gasteiger partial charge is 0.388 e. The average molecular weight is 317 g/mol. The molecule has 1 heterocycles. The highest BCUT2D eigenvalue weighted by atomic mass is 16.3. The molecular formula is C17H23N3O3. The molecule has 0 aromatic heterocycles. The van der Waals surface area contributed by atoms with Crippen LogP contribution in [-0.2, 0) is 9.59 Å². The van der Waals surface area contributed by atoms with E-state index in [1.807, 2.05) is 31.3 Å². The van der Waals surface area contributed by atoms with Crippen LogP contribution in [0.3, 0.4) is 0 Å². The van der Waals surface area contributed by atoms with Crippen molar-refractivity contribution in [3.8, 4) is 0 Å². The third kappa shape index (κ3) is 5.10. The first kappa shape index (κ1) is 17.0. The molecule has 0 radical (unpaired) electrons. The Morgan fingerprint density at radius 1 is 1.17 bits per heavy atom. The number of hydrogen-bond acceptors (Lipinski definition) is 4. The van der Waals surface area contributed by atoms with Crippen LogP contribution in [0.5, 0.6) is 0 Å². The summed E-state index contributed by atoms with van der Waals surface area (Å²) in [5.74, 6) is -0.165. The van der Waals surface area contributed by atoms with Crippen molar-refractivity contribution >= 4 is 23.2 Å². The first-order chi connectivity index (χ1) is 11.1. The number of aliphatic hydroxyl groups is 1. The Labute approximate surface area is 136 Å². The van der Waals surface area contributed by atoms with E-state index in [-0.39, 0.29) is 11.8 Å². The van der Waals surface area contributed by atoms with E-state index in [9.17, 15) is 14.7 Å². The monoisotopic (exact) mass is 317 g/mol. The van der Waals surface area contributed by atoms with E-state index in [0.717, 1.165) is 30.6 Å². The molecule has 1 aliphatic rings. The fraction of sp³-hybridized carbons (Fsp3) is 0.412. The molecule has 0 saturated carbocycles. The maximum absolute atomic E-state index is 11.8. The average Bonchev–Trinajstić information content (AvgIpc) is 2.87. The van der Waals surface area contributed by atoms with Crippen LogP contribution in [0.15, 0.2) is 36.4 Å². The summed E-state index contributed by atoms with van der Waals surface area (Å²) in [5.41, 5.74) is 1.78. The number of unbranched alkanes of at least 4 members (excludes halogenated alkanes) is 2. The molecule has 1 unspecified atom stereocenters. The van der Waals surface area contributed by atoms with Crippen LogP contribution in [0.2, 0.25) is 0 Å². The zero-order valence-electron chi connectivity index (χ0n) is 13.3. The quantitative estimate of drug-likeness (QED) is 0.640. The summed E-state index contributed by atoms with van der Waals surface area (Å²) in [4.78, 5) is 24.7. The van der Waals surface area contributed by atoms with Gasteiger partial charge in [-0.05, 0) is 43.2 Å². The smallest absolute Gasteiger partial charge is 0.248 e. The molecule has 23 heavy (non-hydrogen) atoms. The molecule has 6 nitrogen and oxygen atoms in total. The van der Waals surface area contributed by atoms with Gasteiger partial charge in [0.05, 0.1) is 0 Å². The van der Waals surface area contributed by atoms with Gasteiger partial charge in [0, 0.05) is 37.5 Å². The van der Waals surface area contributed by atoms with Crippen molar-refractivity contribution in [2.45, 2.75) is 31.9 Å². The molecule has 124 valence electrons. The van der Waals surface area contributed by atoms with E-state index in [1.165, 1.54) is 17.1 Å². The Kier molecular flexibility index (Phi) is 6.17. The third-order valence-electron chi connectivity index (χ3n) is 3.77. The molecule has 0 aliphatic carbocycles. The van der Waals surface area contributed by atoms with Crippen molar-refractivity contribution in [2.24, 2.45) is 0 Å². The van der Waals surface area contributed by atoms with E-state index >= 15 is 0 Å².